The highest BCUT2D eigenvalue weighted by Gasteiger charge is 2.28. The minimum atomic E-state index is -1.57. The predicted octanol–water partition coefficient (Wildman–Crippen LogP) is -2.71. The van der Waals surface area contributed by atoms with E-state index in [1.165, 1.54) is 31.2 Å². The van der Waals surface area contributed by atoms with Crippen molar-refractivity contribution in [3.8, 4) is 5.75 Å². The van der Waals surface area contributed by atoms with E-state index in [9.17, 15) is 29.1 Å². The molecular weight excluding hydrogens is 428 g/mol. The Hall–Kier alpha value is -3.71. The smallest absolute Gasteiger partial charge is 0.328 e. The van der Waals surface area contributed by atoms with E-state index in [0.717, 1.165) is 0 Å². The highest BCUT2D eigenvalue weighted by molar-refractivity contribution is 5.94. The highest BCUT2D eigenvalue weighted by Crippen LogP contribution is 2.12. The van der Waals surface area contributed by atoms with Gasteiger partial charge < -0.3 is 42.1 Å². The van der Waals surface area contributed by atoms with Crippen molar-refractivity contribution >= 4 is 29.7 Å². The van der Waals surface area contributed by atoms with Crippen LogP contribution in [0.4, 0.5) is 0 Å². The van der Waals surface area contributed by atoms with E-state index >= 15 is 0 Å². The number of carbonyl (C=O) groups excluding carboxylic acids is 3. The Labute approximate surface area is 182 Å². The third-order valence-electron chi connectivity index (χ3n) is 4.29. The van der Waals surface area contributed by atoms with E-state index in [1.54, 1.807) is 0 Å². The minimum Gasteiger partial charge on any atom is -0.508 e. The van der Waals surface area contributed by atoms with E-state index in [4.69, 9.17) is 21.1 Å². The van der Waals surface area contributed by atoms with Crippen LogP contribution >= 0.6 is 0 Å². The zero-order chi connectivity index (χ0) is 24.4. The Kier molecular flexibility index (Phi) is 10.1. The number of aliphatic hydroxyl groups excluding tert-OH is 1. The Morgan fingerprint density at radius 2 is 1.47 bits per heavy atom. The molecular formula is C19H26N4O9. The van der Waals surface area contributed by atoms with Crippen LogP contribution in [-0.4, -0.2) is 80.9 Å². The zero-order valence-electron chi connectivity index (χ0n) is 17.1. The second-order valence-corrected chi connectivity index (χ2v) is 6.95. The number of nitrogens with two attached hydrogens (primary N) is 1. The first-order valence-electron chi connectivity index (χ1n) is 9.44. The van der Waals surface area contributed by atoms with Gasteiger partial charge in [0, 0.05) is 6.42 Å². The number of hydrogen-bond donors (Lipinski definition) is 8. The number of carboxylic acid groups (broad SMARTS) is 2. The maximum Gasteiger partial charge on any atom is 0.328 e. The minimum absolute atomic E-state index is 0.0237. The van der Waals surface area contributed by atoms with E-state index < -0.39 is 66.9 Å². The molecule has 0 heterocycles. The van der Waals surface area contributed by atoms with Crippen molar-refractivity contribution in [1.82, 2.24) is 16.0 Å². The van der Waals surface area contributed by atoms with Gasteiger partial charge in [0.15, 0.2) is 0 Å². The molecule has 0 aliphatic heterocycles. The lowest BCUT2D eigenvalue weighted by atomic mass is 10.0. The molecule has 1 rings (SSSR count). The molecule has 0 spiro atoms. The van der Waals surface area contributed by atoms with Gasteiger partial charge in [-0.1, -0.05) is 12.1 Å². The fourth-order valence-corrected chi connectivity index (χ4v) is 2.50. The van der Waals surface area contributed by atoms with Gasteiger partial charge in [-0.25, -0.2) is 4.79 Å². The molecule has 0 radical (unpaired) electrons. The molecule has 0 saturated heterocycles. The molecule has 0 saturated carbocycles. The summed E-state index contributed by atoms with van der Waals surface area (Å²) in [5, 5.41) is 42.7. The second-order valence-electron chi connectivity index (χ2n) is 6.95. The number of rotatable bonds is 12. The van der Waals surface area contributed by atoms with E-state index in [1.807, 2.05) is 5.32 Å². The summed E-state index contributed by atoms with van der Waals surface area (Å²) in [6, 6.07) is 0.214. The van der Waals surface area contributed by atoms with Crippen LogP contribution in [0.25, 0.3) is 0 Å². The number of aliphatic carboxylic acids is 2. The largest absolute Gasteiger partial charge is 0.508 e. The van der Waals surface area contributed by atoms with Gasteiger partial charge in [0.1, 0.15) is 23.9 Å². The van der Waals surface area contributed by atoms with Gasteiger partial charge in [0.25, 0.3) is 0 Å². The standard InChI is InChI=1S/C19H26N4O9/c1-9(16(28)23-14(8-24)19(31)32)21-18(30)13(6-10-2-4-11(25)5-3-10)22-17(29)12(20)7-15(26)27/h2-5,9,12-14,24-25H,6-8,20H2,1H3,(H,21,30)(H,22,29)(H,23,28)(H,26,27)(H,31,32). The van der Waals surface area contributed by atoms with Crippen molar-refractivity contribution in [2.45, 2.75) is 43.9 Å². The van der Waals surface area contributed by atoms with Crippen molar-refractivity contribution in [2.75, 3.05) is 6.61 Å². The topological polar surface area (TPSA) is 228 Å². The summed E-state index contributed by atoms with van der Waals surface area (Å²) in [6.07, 6.45) is -0.754. The number of phenols is 1. The summed E-state index contributed by atoms with van der Waals surface area (Å²) in [7, 11) is 0. The third kappa shape index (κ3) is 8.57. The Morgan fingerprint density at radius 3 is 1.97 bits per heavy atom. The van der Waals surface area contributed by atoms with Crippen LogP contribution in [0, 0.1) is 0 Å². The van der Waals surface area contributed by atoms with Gasteiger partial charge in [-0.3, -0.25) is 19.2 Å². The summed E-state index contributed by atoms with van der Waals surface area (Å²) in [6.45, 7) is 0.405. The lowest BCUT2D eigenvalue weighted by Crippen LogP contribution is -2.57. The molecule has 0 aliphatic rings. The molecule has 0 bridgehead atoms. The molecule has 0 aliphatic carbocycles. The second kappa shape index (κ2) is 12.2. The van der Waals surface area contributed by atoms with E-state index in [2.05, 4.69) is 10.6 Å². The molecule has 13 nitrogen and oxygen atoms in total. The first kappa shape index (κ1) is 26.3. The van der Waals surface area contributed by atoms with Crippen LogP contribution in [0.1, 0.15) is 18.9 Å². The Balaban J connectivity index is 2.93. The molecule has 4 unspecified atom stereocenters. The summed E-state index contributed by atoms with van der Waals surface area (Å²) < 4.78 is 0. The van der Waals surface area contributed by atoms with Crippen LogP contribution in [-0.2, 0) is 30.4 Å². The summed E-state index contributed by atoms with van der Waals surface area (Å²) in [5.74, 6) is -5.43. The number of aliphatic hydroxyl groups is 1. The van der Waals surface area contributed by atoms with Crippen molar-refractivity contribution in [2.24, 2.45) is 5.73 Å². The summed E-state index contributed by atoms with van der Waals surface area (Å²) >= 11 is 0. The average molecular weight is 454 g/mol. The van der Waals surface area contributed by atoms with Crippen molar-refractivity contribution in [1.29, 1.82) is 0 Å². The quantitative estimate of drug-likeness (QED) is 0.163. The lowest BCUT2D eigenvalue weighted by molar-refractivity contribution is -0.143. The molecule has 176 valence electrons. The summed E-state index contributed by atoms with van der Waals surface area (Å²) in [4.78, 5) is 58.8. The predicted molar refractivity (Wildman–Crippen MR) is 108 cm³/mol. The molecule has 4 atom stereocenters. The molecule has 13 heteroatoms. The fraction of sp³-hybridized carbons (Fsp3) is 0.421. The number of carbonyl (C=O) groups is 5. The Morgan fingerprint density at radius 1 is 0.906 bits per heavy atom. The van der Waals surface area contributed by atoms with Gasteiger partial charge in [0.05, 0.1) is 19.1 Å². The first-order valence-corrected chi connectivity index (χ1v) is 9.44. The number of amides is 3. The highest BCUT2D eigenvalue weighted by atomic mass is 16.4. The number of phenolic OH excluding ortho intramolecular Hbond substituents is 1. The number of benzene rings is 1. The molecule has 32 heavy (non-hydrogen) atoms. The van der Waals surface area contributed by atoms with Gasteiger partial charge in [-0.05, 0) is 24.6 Å². The number of hydrogen-bond acceptors (Lipinski definition) is 8. The molecule has 3 amide bonds. The monoisotopic (exact) mass is 454 g/mol. The van der Waals surface area contributed by atoms with Crippen LogP contribution in [0.5, 0.6) is 5.75 Å². The van der Waals surface area contributed by atoms with Crippen LogP contribution in [0.15, 0.2) is 24.3 Å². The molecule has 9 N–H and O–H groups in total. The van der Waals surface area contributed by atoms with Gasteiger partial charge in [-0.2, -0.15) is 0 Å². The molecule has 1 aromatic rings. The van der Waals surface area contributed by atoms with Gasteiger partial charge in [-0.15, -0.1) is 0 Å². The maximum absolute atomic E-state index is 12.7. The number of nitrogens with one attached hydrogen (secondary N) is 3. The summed E-state index contributed by atoms with van der Waals surface area (Å²) in [5.41, 5.74) is 6.05. The number of aromatic hydroxyl groups is 1. The third-order valence-corrected chi connectivity index (χ3v) is 4.29. The van der Waals surface area contributed by atoms with Crippen molar-refractivity contribution in [3.63, 3.8) is 0 Å². The van der Waals surface area contributed by atoms with Crippen LogP contribution < -0.4 is 21.7 Å². The van der Waals surface area contributed by atoms with Crippen LogP contribution in [0.2, 0.25) is 0 Å². The molecule has 0 fully saturated rings. The molecule has 1 aromatic carbocycles. The Bertz CT molecular complexity index is 844. The van der Waals surface area contributed by atoms with Crippen molar-refractivity contribution < 1.29 is 44.4 Å². The lowest BCUT2D eigenvalue weighted by Gasteiger charge is -2.23. The fourth-order valence-electron chi connectivity index (χ4n) is 2.50. The SMILES string of the molecule is CC(NC(=O)C(Cc1ccc(O)cc1)NC(=O)C(N)CC(=O)O)C(=O)NC(CO)C(=O)O. The normalized spacial score (nSPS) is 14.3. The van der Waals surface area contributed by atoms with Crippen LogP contribution in [0.3, 0.4) is 0 Å². The maximum atomic E-state index is 12.7. The van der Waals surface area contributed by atoms with Crippen molar-refractivity contribution in [3.05, 3.63) is 29.8 Å². The van der Waals surface area contributed by atoms with Gasteiger partial charge in [0.2, 0.25) is 17.7 Å². The molecule has 0 aromatic heterocycles. The van der Waals surface area contributed by atoms with Gasteiger partial charge >= 0.3 is 11.9 Å². The number of carboxylic acids is 2. The van der Waals surface area contributed by atoms with E-state index in [-0.39, 0.29) is 12.2 Å². The first-order chi connectivity index (χ1) is 14.9. The average Bonchev–Trinajstić information content (AvgIpc) is 2.71. The van der Waals surface area contributed by atoms with E-state index in [0.29, 0.717) is 5.56 Å². The zero-order valence-corrected chi connectivity index (χ0v) is 17.1.